The minimum Gasteiger partial charge on any atom is -0.347 e. The fourth-order valence-electron chi connectivity index (χ4n) is 1.10. The number of hydrogen-bond donors (Lipinski definition) is 1. The summed E-state index contributed by atoms with van der Waals surface area (Å²) in [6.45, 7) is 1.52. The summed E-state index contributed by atoms with van der Waals surface area (Å²) in [4.78, 5) is 10.5. The van der Waals surface area contributed by atoms with E-state index in [1.54, 1.807) is 13.0 Å². The summed E-state index contributed by atoms with van der Waals surface area (Å²) in [7, 11) is 0. The summed E-state index contributed by atoms with van der Waals surface area (Å²) in [5, 5.41) is 1.94. The van der Waals surface area contributed by atoms with Crippen LogP contribution in [0.3, 0.4) is 0 Å². The SMILES string of the molecule is Cc1ccc(F)c(CNC(=O)C(F)F)c1. The Morgan fingerprint density at radius 1 is 1.47 bits per heavy atom. The Balaban J connectivity index is 2.65. The van der Waals surface area contributed by atoms with Crippen LogP contribution in [0.2, 0.25) is 0 Å². The van der Waals surface area contributed by atoms with E-state index in [4.69, 9.17) is 0 Å². The molecule has 0 heterocycles. The molecule has 5 heteroatoms. The fourth-order valence-corrected chi connectivity index (χ4v) is 1.10. The van der Waals surface area contributed by atoms with Gasteiger partial charge >= 0.3 is 6.43 Å². The van der Waals surface area contributed by atoms with Crippen molar-refractivity contribution in [3.8, 4) is 0 Å². The third-order valence-electron chi connectivity index (χ3n) is 1.85. The summed E-state index contributed by atoms with van der Waals surface area (Å²) in [5.74, 6) is -1.91. The van der Waals surface area contributed by atoms with Crippen molar-refractivity contribution in [2.24, 2.45) is 0 Å². The molecule has 1 aromatic rings. The van der Waals surface area contributed by atoms with Crippen molar-refractivity contribution in [1.82, 2.24) is 5.32 Å². The first-order valence-electron chi connectivity index (χ1n) is 4.31. The van der Waals surface area contributed by atoms with Crippen LogP contribution in [0.15, 0.2) is 18.2 Å². The highest BCUT2D eigenvalue weighted by atomic mass is 19.3. The number of benzene rings is 1. The van der Waals surface area contributed by atoms with Crippen LogP contribution in [0.1, 0.15) is 11.1 Å². The van der Waals surface area contributed by atoms with Gasteiger partial charge < -0.3 is 5.32 Å². The van der Waals surface area contributed by atoms with E-state index >= 15 is 0 Å². The molecule has 82 valence electrons. The number of rotatable bonds is 3. The summed E-state index contributed by atoms with van der Waals surface area (Å²) in [5.41, 5.74) is 1.00. The standard InChI is InChI=1S/C10H10F3NO/c1-6-2-3-8(11)7(4-6)5-14-10(15)9(12)13/h2-4,9H,5H2,1H3,(H,14,15). The molecular weight excluding hydrogens is 207 g/mol. The minimum absolute atomic E-state index is 0.198. The van der Waals surface area contributed by atoms with Crippen LogP contribution in [-0.2, 0) is 11.3 Å². The molecule has 0 unspecified atom stereocenters. The largest absolute Gasteiger partial charge is 0.347 e. The molecule has 0 aromatic heterocycles. The maximum absolute atomic E-state index is 13.1. The van der Waals surface area contributed by atoms with Gasteiger partial charge in [0.05, 0.1) is 0 Å². The number of aryl methyl sites for hydroxylation is 1. The van der Waals surface area contributed by atoms with Crippen molar-refractivity contribution in [3.63, 3.8) is 0 Å². The van der Waals surface area contributed by atoms with Crippen LogP contribution in [-0.4, -0.2) is 12.3 Å². The molecule has 0 bridgehead atoms. The van der Waals surface area contributed by atoms with E-state index < -0.39 is 18.1 Å². The first-order chi connectivity index (χ1) is 7.00. The highest BCUT2D eigenvalue weighted by Crippen LogP contribution is 2.09. The zero-order valence-corrected chi connectivity index (χ0v) is 8.06. The van der Waals surface area contributed by atoms with Crippen molar-refractivity contribution in [2.45, 2.75) is 19.9 Å². The lowest BCUT2D eigenvalue weighted by Crippen LogP contribution is -2.29. The highest BCUT2D eigenvalue weighted by Gasteiger charge is 2.14. The Morgan fingerprint density at radius 3 is 2.73 bits per heavy atom. The first-order valence-corrected chi connectivity index (χ1v) is 4.31. The lowest BCUT2D eigenvalue weighted by molar-refractivity contribution is -0.131. The summed E-state index contributed by atoms with van der Waals surface area (Å²) >= 11 is 0. The van der Waals surface area contributed by atoms with Gasteiger partial charge in [0.2, 0.25) is 0 Å². The van der Waals surface area contributed by atoms with Gasteiger partial charge in [-0.3, -0.25) is 4.79 Å². The van der Waals surface area contributed by atoms with Crippen molar-refractivity contribution in [3.05, 3.63) is 35.1 Å². The van der Waals surface area contributed by atoms with Gasteiger partial charge in [0, 0.05) is 12.1 Å². The van der Waals surface area contributed by atoms with Gasteiger partial charge in [0.15, 0.2) is 0 Å². The van der Waals surface area contributed by atoms with Crippen molar-refractivity contribution in [1.29, 1.82) is 0 Å². The number of nitrogens with one attached hydrogen (secondary N) is 1. The van der Waals surface area contributed by atoms with E-state index in [9.17, 15) is 18.0 Å². The van der Waals surface area contributed by atoms with E-state index in [0.717, 1.165) is 5.56 Å². The molecule has 0 radical (unpaired) electrons. The summed E-state index contributed by atoms with van der Waals surface area (Å²) < 4.78 is 36.7. The van der Waals surface area contributed by atoms with Crippen LogP contribution < -0.4 is 5.32 Å². The normalized spacial score (nSPS) is 10.5. The van der Waals surface area contributed by atoms with E-state index in [0.29, 0.717) is 0 Å². The smallest absolute Gasteiger partial charge is 0.315 e. The van der Waals surface area contributed by atoms with Gasteiger partial charge in [0.1, 0.15) is 5.82 Å². The highest BCUT2D eigenvalue weighted by molar-refractivity contribution is 5.79. The maximum Gasteiger partial charge on any atom is 0.315 e. The second-order valence-electron chi connectivity index (χ2n) is 3.11. The quantitative estimate of drug-likeness (QED) is 0.824. The van der Waals surface area contributed by atoms with Crippen LogP contribution in [0.4, 0.5) is 13.2 Å². The monoisotopic (exact) mass is 217 g/mol. The fraction of sp³-hybridized carbons (Fsp3) is 0.300. The Kier molecular flexibility index (Phi) is 3.71. The molecule has 0 aliphatic rings. The molecule has 0 saturated carbocycles. The van der Waals surface area contributed by atoms with Crippen molar-refractivity contribution < 1.29 is 18.0 Å². The molecule has 2 nitrogen and oxygen atoms in total. The van der Waals surface area contributed by atoms with E-state index in [2.05, 4.69) is 0 Å². The van der Waals surface area contributed by atoms with E-state index in [1.165, 1.54) is 12.1 Å². The Morgan fingerprint density at radius 2 is 2.13 bits per heavy atom. The van der Waals surface area contributed by atoms with E-state index in [1.807, 2.05) is 5.32 Å². The number of hydrogen-bond acceptors (Lipinski definition) is 1. The topological polar surface area (TPSA) is 29.1 Å². The molecule has 0 aliphatic heterocycles. The van der Waals surface area contributed by atoms with Crippen molar-refractivity contribution >= 4 is 5.91 Å². The Hall–Kier alpha value is -1.52. The Bertz CT molecular complexity index is 366. The molecule has 1 rings (SSSR count). The van der Waals surface area contributed by atoms with Gasteiger partial charge in [-0.1, -0.05) is 17.7 Å². The second-order valence-corrected chi connectivity index (χ2v) is 3.11. The average Bonchev–Trinajstić information content (AvgIpc) is 2.18. The average molecular weight is 217 g/mol. The van der Waals surface area contributed by atoms with Crippen LogP contribution in [0.25, 0.3) is 0 Å². The number of amides is 1. The van der Waals surface area contributed by atoms with Gasteiger partial charge in [0.25, 0.3) is 5.91 Å². The predicted molar refractivity (Wildman–Crippen MR) is 49.0 cm³/mol. The molecule has 0 spiro atoms. The second kappa shape index (κ2) is 4.82. The molecule has 0 aliphatic carbocycles. The molecular formula is C10H10F3NO. The van der Waals surface area contributed by atoms with Gasteiger partial charge in [-0.2, -0.15) is 8.78 Å². The molecule has 1 N–H and O–H groups in total. The maximum atomic E-state index is 13.1. The lowest BCUT2D eigenvalue weighted by Gasteiger charge is -2.06. The molecule has 1 aromatic carbocycles. The van der Waals surface area contributed by atoms with Crippen LogP contribution >= 0.6 is 0 Å². The molecule has 0 atom stereocenters. The van der Waals surface area contributed by atoms with Gasteiger partial charge in [-0.15, -0.1) is 0 Å². The number of carbonyl (C=O) groups excluding carboxylic acids is 1. The summed E-state index contributed by atoms with van der Waals surface area (Å²) in [6.07, 6.45) is -3.07. The molecule has 0 fully saturated rings. The molecule has 0 saturated heterocycles. The number of halogens is 3. The van der Waals surface area contributed by atoms with Crippen LogP contribution in [0.5, 0.6) is 0 Å². The molecule has 15 heavy (non-hydrogen) atoms. The first kappa shape index (κ1) is 11.6. The number of alkyl halides is 2. The molecule has 1 amide bonds. The predicted octanol–water partition coefficient (Wildman–Crippen LogP) is 2.02. The van der Waals surface area contributed by atoms with Gasteiger partial charge in [-0.05, 0) is 13.0 Å². The number of carbonyl (C=O) groups is 1. The van der Waals surface area contributed by atoms with Crippen molar-refractivity contribution in [2.75, 3.05) is 0 Å². The third-order valence-corrected chi connectivity index (χ3v) is 1.85. The van der Waals surface area contributed by atoms with Gasteiger partial charge in [-0.25, -0.2) is 4.39 Å². The zero-order valence-electron chi connectivity index (χ0n) is 8.06. The zero-order chi connectivity index (χ0) is 11.4. The third kappa shape index (κ3) is 3.27. The minimum atomic E-state index is -3.07. The summed E-state index contributed by atoms with van der Waals surface area (Å²) in [6, 6.07) is 4.30. The van der Waals surface area contributed by atoms with Crippen LogP contribution in [0, 0.1) is 12.7 Å². The lowest BCUT2D eigenvalue weighted by atomic mass is 10.1. The Labute approximate surface area is 85.1 Å². The van der Waals surface area contributed by atoms with E-state index in [-0.39, 0.29) is 12.1 Å².